The third-order valence-electron chi connectivity index (χ3n) is 1.15. The molecule has 0 aromatic rings. The molecule has 1 aliphatic heterocycles. The van der Waals surface area contributed by atoms with Gasteiger partial charge in [0, 0.05) is 5.25 Å². The molecule has 0 aliphatic carbocycles. The Kier molecular flexibility index (Phi) is 1.81. The summed E-state index contributed by atoms with van der Waals surface area (Å²) in [6.07, 6.45) is 3.81. The van der Waals surface area contributed by atoms with Gasteiger partial charge in [0.25, 0.3) is 0 Å². The van der Waals surface area contributed by atoms with Crippen molar-refractivity contribution in [3.05, 3.63) is 12.2 Å². The van der Waals surface area contributed by atoms with Gasteiger partial charge in [0.2, 0.25) is 0 Å². The van der Waals surface area contributed by atoms with E-state index in [2.05, 4.69) is 0 Å². The summed E-state index contributed by atoms with van der Waals surface area (Å²) < 4.78 is 0. The highest BCUT2D eigenvalue weighted by molar-refractivity contribution is 8.08. The molecule has 1 rings (SSSR count). The first-order valence-electron chi connectivity index (χ1n) is 2.77. The molecule has 1 aliphatic rings. The number of carbonyl (C=O) groups is 1. The molecule has 1 N–H and O–H groups in total. The molecule has 0 aromatic carbocycles. The summed E-state index contributed by atoms with van der Waals surface area (Å²) in [6.45, 7) is 1.90. The number of aliphatic carboxylic acids is 1. The van der Waals surface area contributed by atoms with Crippen molar-refractivity contribution in [2.45, 2.75) is 17.4 Å². The Morgan fingerprint density at radius 1 is 1.78 bits per heavy atom. The average Bonchev–Trinajstić information content (AvgIpc) is 2.47. The van der Waals surface area contributed by atoms with Crippen molar-refractivity contribution in [3.8, 4) is 0 Å². The predicted octanol–water partition coefficient (Wildman–Crippen LogP) is 1.13. The molecule has 2 unspecified atom stereocenters. The van der Waals surface area contributed by atoms with Gasteiger partial charge in [-0.2, -0.15) is 0 Å². The van der Waals surface area contributed by atoms with E-state index in [4.69, 9.17) is 5.11 Å². The topological polar surface area (TPSA) is 37.3 Å². The van der Waals surface area contributed by atoms with Crippen molar-refractivity contribution in [2.24, 2.45) is 0 Å². The molecular formula is C6H8O2S. The summed E-state index contributed by atoms with van der Waals surface area (Å²) in [5.41, 5.74) is 0. The van der Waals surface area contributed by atoms with Gasteiger partial charge in [-0.15, -0.1) is 11.8 Å². The second kappa shape index (κ2) is 2.43. The number of thioether (sulfide) groups is 1. The van der Waals surface area contributed by atoms with E-state index in [1.165, 1.54) is 11.8 Å². The van der Waals surface area contributed by atoms with Crippen molar-refractivity contribution in [1.82, 2.24) is 0 Å². The van der Waals surface area contributed by atoms with Crippen LogP contribution in [0, 0.1) is 0 Å². The lowest BCUT2D eigenvalue weighted by Gasteiger charge is -1.80. The largest absolute Gasteiger partial charge is 0.480 e. The van der Waals surface area contributed by atoms with Gasteiger partial charge in [0.15, 0.2) is 0 Å². The summed E-state index contributed by atoms with van der Waals surface area (Å²) in [6, 6.07) is 0. The highest BCUT2D eigenvalue weighted by Gasteiger charge is 2.42. The second-order valence-corrected chi connectivity index (χ2v) is 3.21. The fraction of sp³-hybridized carbons (Fsp3) is 0.500. The van der Waals surface area contributed by atoms with Crippen molar-refractivity contribution < 1.29 is 9.90 Å². The molecule has 1 fully saturated rings. The van der Waals surface area contributed by atoms with E-state index in [9.17, 15) is 4.79 Å². The van der Waals surface area contributed by atoms with Gasteiger partial charge in [-0.1, -0.05) is 12.2 Å². The first-order chi connectivity index (χ1) is 4.25. The Labute approximate surface area is 57.9 Å². The first kappa shape index (κ1) is 6.68. The fourth-order valence-electron chi connectivity index (χ4n) is 0.659. The van der Waals surface area contributed by atoms with Crippen LogP contribution in [0.1, 0.15) is 6.92 Å². The number of allylic oxidation sites excluding steroid dienone is 1. The zero-order valence-electron chi connectivity index (χ0n) is 5.07. The normalized spacial score (nSPS) is 33.0. The molecule has 3 heteroatoms. The van der Waals surface area contributed by atoms with Gasteiger partial charge >= 0.3 is 5.97 Å². The van der Waals surface area contributed by atoms with Crippen molar-refractivity contribution in [1.29, 1.82) is 0 Å². The molecule has 0 spiro atoms. The maximum atomic E-state index is 10.2. The number of carboxylic acids is 1. The highest BCUT2D eigenvalue weighted by atomic mass is 32.2. The maximum absolute atomic E-state index is 10.2. The summed E-state index contributed by atoms with van der Waals surface area (Å²) >= 11 is 1.48. The van der Waals surface area contributed by atoms with E-state index >= 15 is 0 Å². The minimum Gasteiger partial charge on any atom is -0.480 e. The van der Waals surface area contributed by atoms with Crippen LogP contribution in [-0.4, -0.2) is 21.6 Å². The quantitative estimate of drug-likeness (QED) is 0.466. The van der Waals surface area contributed by atoms with E-state index < -0.39 is 5.97 Å². The smallest absolute Gasteiger partial charge is 0.318 e. The lowest BCUT2D eigenvalue weighted by Crippen LogP contribution is -2.05. The molecule has 1 heterocycles. The summed E-state index contributed by atoms with van der Waals surface area (Å²) in [4.78, 5) is 10.2. The van der Waals surface area contributed by atoms with Crippen LogP contribution in [-0.2, 0) is 4.79 Å². The minimum absolute atomic E-state index is 0.166. The number of hydrogen-bond acceptors (Lipinski definition) is 2. The Morgan fingerprint density at radius 3 is 2.78 bits per heavy atom. The van der Waals surface area contributed by atoms with Crippen LogP contribution >= 0.6 is 11.8 Å². The zero-order valence-corrected chi connectivity index (χ0v) is 5.89. The van der Waals surface area contributed by atoms with Crippen molar-refractivity contribution >= 4 is 17.7 Å². The lowest BCUT2D eigenvalue weighted by molar-refractivity contribution is -0.135. The Morgan fingerprint density at radius 2 is 2.44 bits per heavy atom. The van der Waals surface area contributed by atoms with Crippen LogP contribution in [0.5, 0.6) is 0 Å². The predicted molar refractivity (Wildman–Crippen MR) is 37.6 cm³/mol. The van der Waals surface area contributed by atoms with Gasteiger partial charge in [-0.05, 0) is 6.92 Å². The summed E-state index contributed by atoms with van der Waals surface area (Å²) in [7, 11) is 0. The second-order valence-electron chi connectivity index (χ2n) is 1.89. The van der Waals surface area contributed by atoms with Crippen LogP contribution < -0.4 is 0 Å². The molecule has 50 valence electrons. The van der Waals surface area contributed by atoms with E-state index in [-0.39, 0.29) is 10.5 Å². The Hall–Kier alpha value is -0.440. The van der Waals surface area contributed by atoms with Crippen LogP contribution in [0.2, 0.25) is 0 Å². The van der Waals surface area contributed by atoms with Crippen LogP contribution in [0.15, 0.2) is 12.2 Å². The van der Waals surface area contributed by atoms with E-state index in [1.807, 2.05) is 19.1 Å². The molecule has 0 bridgehead atoms. The fourth-order valence-corrected chi connectivity index (χ4v) is 1.48. The third-order valence-corrected chi connectivity index (χ3v) is 2.37. The monoisotopic (exact) mass is 144 g/mol. The van der Waals surface area contributed by atoms with Gasteiger partial charge in [0.1, 0.15) is 5.25 Å². The number of hydrogen-bond donors (Lipinski definition) is 1. The van der Waals surface area contributed by atoms with Gasteiger partial charge in [0.05, 0.1) is 0 Å². The number of carboxylic acid groups (broad SMARTS) is 1. The summed E-state index contributed by atoms with van der Waals surface area (Å²) in [5, 5.41) is 8.47. The van der Waals surface area contributed by atoms with E-state index in [0.717, 1.165) is 0 Å². The number of rotatable bonds is 2. The van der Waals surface area contributed by atoms with Gasteiger partial charge < -0.3 is 5.11 Å². The van der Waals surface area contributed by atoms with Crippen LogP contribution in [0.4, 0.5) is 0 Å². The van der Waals surface area contributed by atoms with Gasteiger partial charge in [-0.3, -0.25) is 4.79 Å². The maximum Gasteiger partial charge on any atom is 0.318 e. The van der Waals surface area contributed by atoms with Crippen LogP contribution in [0.25, 0.3) is 0 Å². The highest BCUT2D eigenvalue weighted by Crippen LogP contribution is 2.42. The van der Waals surface area contributed by atoms with E-state index in [1.54, 1.807) is 0 Å². The molecule has 0 radical (unpaired) electrons. The Bertz CT molecular complexity index is 153. The molecule has 2 atom stereocenters. The van der Waals surface area contributed by atoms with Crippen molar-refractivity contribution in [3.63, 3.8) is 0 Å². The first-order valence-corrected chi connectivity index (χ1v) is 3.71. The average molecular weight is 144 g/mol. The summed E-state index contributed by atoms with van der Waals surface area (Å²) in [5.74, 6) is -0.692. The van der Waals surface area contributed by atoms with Crippen LogP contribution in [0.3, 0.4) is 0 Å². The standard InChI is InChI=1S/C6H8O2S/c1-2-3-4-5(9-4)6(7)8/h2-5H,1H3,(H,7,8)/b3-2+. The molecule has 2 nitrogen and oxygen atoms in total. The third kappa shape index (κ3) is 1.48. The molecule has 0 amide bonds. The molecule has 1 saturated heterocycles. The van der Waals surface area contributed by atoms with Crippen molar-refractivity contribution in [2.75, 3.05) is 0 Å². The minimum atomic E-state index is -0.692. The zero-order chi connectivity index (χ0) is 6.85. The molecule has 0 aromatic heterocycles. The SMILES string of the molecule is C/C=C/C1SC1C(=O)O. The van der Waals surface area contributed by atoms with E-state index in [0.29, 0.717) is 0 Å². The molecule has 0 saturated carbocycles. The molecular weight excluding hydrogens is 136 g/mol. The molecule has 9 heavy (non-hydrogen) atoms. The van der Waals surface area contributed by atoms with Gasteiger partial charge in [-0.25, -0.2) is 0 Å². The lowest BCUT2D eigenvalue weighted by atomic mass is 10.3. The Balaban J connectivity index is 2.33.